The monoisotopic (exact) mass is 352 g/mol. The molecular weight excluding hydrogens is 328 g/mol. The molecule has 2 heterocycles. The highest BCUT2D eigenvalue weighted by Crippen LogP contribution is 2.68. The summed E-state index contributed by atoms with van der Waals surface area (Å²) in [4.78, 5) is 19.0. The molecule has 0 bridgehead atoms. The fourth-order valence-electron chi connectivity index (χ4n) is 4.86. The van der Waals surface area contributed by atoms with Crippen LogP contribution in [0.1, 0.15) is 33.2 Å². The van der Waals surface area contributed by atoms with Crippen LogP contribution in [0.4, 0.5) is 0 Å². The molecule has 1 saturated heterocycles. The second-order valence-electron chi connectivity index (χ2n) is 7.63. The van der Waals surface area contributed by atoms with E-state index >= 15 is 0 Å². The number of aliphatic hydroxyl groups excluding tert-OH is 2. The van der Waals surface area contributed by atoms with Gasteiger partial charge < -0.3 is 15.1 Å². The molecule has 1 spiro atoms. The molecule has 1 saturated carbocycles. The van der Waals surface area contributed by atoms with Crippen molar-refractivity contribution in [3.8, 4) is 0 Å². The molecular formula is C21H24N2O3. The van der Waals surface area contributed by atoms with Gasteiger partial charge in [0, 0.05) is 42.1 Å². The maximum Gasteiger partial charge on any atom is 0.254 e. The van der Waals surface area contributed by atoms with E-state index in [9.17, 15) is 15.0 Å². The number of nitrogens with zero attached hydrogens (tertiary/aromatic N) is 2. The minimum Gasteiger partial charge on any atom is -0.396 e. The van der Waals surface area contributed by atoms with Crippen LogP contribution in [0.25, 0.3) is 0 Å². The summed E-state index contributed by atoms with van der Waals surface area (Å²) in [7, 11) is 0. The zero-order chi connectivity index (χ0) is 18.5. The normalized spacial score (nSPS) is 30.0. The zero-order valence-corrected chi connectivity index (χ0v) is 15.1. The molecule has 136 valence electrons. The SMILES string of the molecule is Cc1cc(C(=O)N2C[C@H](O)[C@@]3(C2)[C@H](CO)[C@H]3c2ccccc2)cc(C)n1. The summed E-state index contributed by atoms with van der Waals surface area (Å²) in [5.74, 6) is -0.00838. The summed E-state index contributed by atoms with van der Waals surface area (Å²) in [6.45, 7) is 4.54. The standard InChI is InChI=1S/C21H24N2O3/c1-13-8-16(9-14(2)22-13)20(26)23-10-18(25)21(12-23)17(11-24)19(21)15-6-4-3-5-7-15/h3-9,17-19,24-25H,10-12H2,1-2H3/t17-,18+,19-,21-/m1/s1. The topological polar surface area (TPSA) is 73.7 Å². The lowest BCUT2D eigenvalue weighted by Crippen LogP contribution is -2.30. The maximum atomic E-state index is 13.0. The fraction of sp³-hybridized carbons (Fsp3) is 0.429. The minimum absolute atomic E-state index is 0.0152. The summed E-state index contributed by atoms with van der Waals surface area (Å²) in [6, 6.07) is 13.6. The predicted molar refractivity (Wildman–Crippen MR) is 97.8 cm³/mol. The number of β-amino-alcohol motifs (C(OH)–C–C–N with tert-alkyl or cyclic N) is 1. The third-order valence-corrected chi connectivity index (χ3v) is 6.01. The van der Waals surface area contributed by atoms with Crippen molar-refractivity contribution in [2.75, 3.05) is 19.7 Å². The van der Waals surface area contributed by atoms with Crippen molar-refractivity contribution in [2.24, 2.45) is 11.3 Å². The first kappa shape index (κ1) is 17.2. The van der Waals surface area contributed by atoms with E-state index in [1.807, 2.05) is 44.2 Å². The molecule has 2 aliphatic rings. The van der Waals surface area contributed by atoms with Crippen LogP contribution in [-0.4, -0.2) is 51.8 Å². The average Bonchev–Trinajstić information content (AvgIpc) is 3.16. The lowest BCUT2D eigenvalue weighted by molar-refractivity contribution is 0.0763. The van der Waals surface area contributed by atoms with Crippen LogP contribution in [0.2, 0.25) is 0 Å². The summed E-state index contributed by atoms with van der Waals surface area (Å²) < 4.78 is 0. The van der Waals surface area contributed by atoms with Crippen LogP contribution in [0.3, 0.4) is 0 Å². The van der Waals surface area contributed by atoms with Crippen LogP contribution < -0.4 is 0 Å². The quantitative estimate of drug-likeness (QED) is 0.885. The highest BCUT2D eigenvalue weighted by Gasteiger charge is 2.71. The van der Waals surface area contributed by atoms with Gasteiger partial charge in [-0.3, -0.25) is 9.78 Å². The van der Waals surface area contributed by atoms with Crippen molar-refractivity contribution in [1.82, 2.24) is 9.88 Å². The van der Waals surface area contributed by atoms with E-state index in [1.165, 1.54) is 0 Å². The molecule has 26 heavy (non-hydrogen) atoms. The van der Waals surface area contributed by atoms with Crippen LogP contribution in [-0.2, 0) is 0 Å². The highest BCUT2D eigenvalue weighted by molar-refractivity contribution is 5.94. The Bertz CT molecular complexity index is 818. The lowest BCUT2D eigenvalue weighted by Gasteiger charge is -2.17. The molecule has 5 heteroatoms. The lowest BCUT2D eigenvalue weighted by atomic mass is 9.95. The maximum absolute atomic E-state index is 13.0. The predicted octanol–water partition coefficient (Wildman–Crippen LogP) is 1.91. The van der Waals surface area contributed by atoms with Gasteiger partial charge in [-0.15, -0.1) is 0 Å². The molecule has 1 aliphatic heterocycles. The molecule has 4 rings (SSSR count). The molecule has 1 aromatic heterocycles. The van der Waals surface area contributed by atoms with Gasteiger partial charge in [-0.05, 0) is 43.4 Å². The number of aryl methyl sites for hydroxylation is 2. The van der Waals surface area contributed by atoms with E-state index in [-0.39, 0.29) is 24.3 Å². The molecule has 2 aromatic rings. The van der Waals surface area contributed by atoms with Gasteiger partial charge in [0.05, 0.1) is 6.10 Å². The number of rotatable bonds is 3. The van der Waals surface area contributed by atoms with Gasteiger partial charge in [-0.2, -0.15) is 0 Å². The molecule has 1 aliphatic carbocycles. The van der Waals surface area contributed by atoms with Gasteiger partial charge in [0.25, 0.3) is 5.91 Å². The number of aliphatic hydroxyl groups is 2. The Hall–Kier alpha value is -2.24. The number of aromatic nitrogens is 1. The Morgan fingerprint density at radius 2 is 1.88 bits per heavy atom. The van der Waals surface area contributed by atoms with Crippen molar-refractivity contribution in [3.63, 3.8) is 0 Å². The van der Waals surface area contributed by atoms with Crippen LogP contribution >= 0.6 is 0 Å². The summed E-state index contributed by atoms with van der Waals surface area (Å²) >= 11 is 0. The van der Waals surface area contributed by atoms with E-state index in [0.29, 0.717) is 18.7 Å². The third kappa shape index (κ3) is 2.54. The molecule has 2 N–H and O–H groups in total. The Labute approximate surface area is 153 Å². The van der Waals surface area contributed by atoms with Crippen LogP contribution in [0.15, 0.2) is 42.5 Å². The number of hydrogen-bond acceptors (Lipinski definition) is 4. The Morgan fingerprint density at radius 1 is 1.23 bits per heavy atom. The average molecular weight is 352 g/mol. The first-order chi connectivity index (χ1) is 12.5. The van der Waals surface area contributed by atoms with Crippen LogP contribution in [0, 0.1) is 25.2 Å². The molecule has 4 atom stereocenters. The van der Waals surface area contributed by atoms with Crippen molar-refractivity contribution < 1.29 is 15.0 Å². The van der Waals surface area contributed by atoms with Gasteiger partial charge >= 0.3 is 0 Å². The summed E-state index contributed by atoms with van der Waals surface area (Å²) in [6.07, 6.45) is -0.627. The molecule has 1 aromatic carbocycles. The van der Waals surface area contributed by atoms with Gasteiger partial charge in [-0.1, -0.05) is 30.3 Å². The van der Waals surface area contributed by atoms with Crippen molar-refractivity contribution in [2.45, 2.75) is 25.9 Å². The van der Waals surface area contributed by atoms with Crippen molar-refractivity contribution in [1.29, 1.82) is 0 Å². The van der Waals surface area contributed by atoms with Crippen molar-refractivity contribution >= 4 is 5.91 Å². The fourth-order valence-corrected chi connectivity index (χ4v) is 4.86. The first-order valence-electron chi connectivity index (χ1n) is 9.06. The second-order valence-corrected chi connectivity index (χ2v) is 7.63. The van der Waals surface area contributed by atoms with E-state index < -0.39 is 11.5 Å². The van der Waals surface area contributed by atoms with Gasteiger partial charge in [0.1, 0.15) is 0 Å². The Morgan fingerprint density at radius 3 is 2.50 bits per heavy atom. The van der Waals surface area contributed by atoms with Gasteiger partial charge in [-0.25, -0.2) is 0 Å². The van der Waals surface area contributed by atoms with E-state index in [2.05, 4.69) is 4.98 Å². The molecule has 0 radical (unpaired) electrons. The number of likely N-dealkylation sites (tertiary alicyclic amines) is 1. The molecule has 5 nitrogen and oxygen atoms in total. The third-order valence-electron chi connectivity index (χ3n) is 6.01. The van der Waals surface area contributed by atoms with Crippen LogP contribution in [0.5, 0.6) is 0 Å². The van der Waals surface area contributed by atoms with Crippen molar-refractivity contribution in [3.05, 3.63) is 65.0 Å². The Balaban J connectivity index is 1.61. The summed E-state index contributed by atoms with van der Waals surface area (Å²) in [5, 5.41) is 20.7. The smallest absolute Gasteiger partial charge is 0.254 e. The number of carbonyl (C=O) groups excluding carboxylic acids is 1. The number of benzene rings is 1. The van der Waals surface area contributed by atoms with E-state index in [4.69, 9.17) is 0 Å². The number of hydrogen-bond donors (Lipinski definition) is 2. The first-order valence-corrected chi connectivity index (χ1v) is 9.06. The van der Waals surface area contributed by atoms with Gasteiger partial charge in [0.15, 0.2) is 0 Å². The molecule has 2 fully saturated rings. The Kier molecular flexibility index (Phi) is 4.09. The number of amides is 1. The molecule has 0 unspecified atom stereocenters. The number of pyridine rings is 1. The van der Waals surface area contributed by atoms with E-state index in [1.54, 1.807) is 17.0 Å². The largest absolute Gasteiger partial charge is 0.396 e. The minimum atomic E-state index is -0.627. The van der Waals surface area contributed by atoms with Gasteiger partial charge in [0.2, 0.25) is 0 Å². The second kappa shape index (κ2) is 6.18. The van der Waals surface area contributed by atoms with E-state index in [0.717, 1.165) is 17.0 Å². The zero-order valence-electron chi connectivity index (χ0n) is 15.1. The summed E-state index contributed by atoms with van der Waals surface area (Å²) in [5.41, 5.74) is 2.91. The molecule has 1 amide bonds. The highest BCUT2D eigenvalue weighted by atomic mass is 16.3. The number of carbonyl (C=O) groups is 1.